The minimum absolute atomic E-state index is 0.00354. The van der Waals surface area contributed by atoms with Gasteiger partial charge in [-0.3, -0.25) is 47.9 Å². The first kappa shape index (κ1) is 57.2. The quantitative estimate of drug-likeness (QED) is 0.0325. The maximum Gasteiger partial charge on any atom is 0.397 e. The Labute approximate surface area is 399 Å². The summed E-state index contributed by atoms with van der Waals surface area (Å²) in [4.78, 5) is 117. The molecule has 0 aromatic heterocycles. The van der Waals surface area contributed by atoms with Gasteiger partial charge in [-0.05, 0) is 74.1 Å². The van der Waals surface area contributed by atoms with Gasteiger partial charge in [0.25, 0.3) is 5.91 Å². The fourth-order valence-electron chi connectivity index (χ4n) is 7.52. The Bertz CT molecular complexity index is 2140. The zero-order valence-corrected chi connectivity index (χ0v) is 40.2. The van der Waals surface area contributed by atoms with Crippen molar-refractivity contribution in [3.8, 4) is 5.75 Å². The third-order valence-electron chi connectivity index (χ3n) is 11.2. The molecule has 9 unspecified atom stereocenters. The van der Waals surface area contributed by atoms with Gasteiger partial charge in [0.1, 0.15) is 60.3 Å². The van der Waals surface area contributed by atoms with Gasteiger partial charge in [-0.25, -0.2) is 4.18 Å². The van der Waals surface area contributed by atoms with Crippen LogP contribution in [0.5, 0.6) is 5.75 Å². The van der Waals surface area contributed by atoms with E-state index in [0.29, 0.717) is 11.3 Å². The zero-order valence-electron chi connectivity index (χ0n) is 39.3. The molecule has 1 aromatic rings. The van der Waals surface area contributed by atoms with E-state index in [4.69, 9.17) is 11.5 Å². The zero-order chi connectivity index (χ0) is 51.9. The molecular weight excluding hydrogens is 931 g/mol. The summed E-state index contributed by atoms with van der Waals surface area (Å²) in [6.45, 7) is 7.56. The number of nitrogens with zero attached hydrogens (tertiary/aromatic N) is 2. The number of aliphatic hydroxyl groups is 2. The number of phenols is 1. The second kappa shape index (κ2) is 26.0. The number of carbonyl (C=O) groups is 8. The summed E-state index contributed by atoms with van der Waals surface area (Å²) in [7, 11) is -5.33. The summed E-state index contributed by atoms with van der Waals surface area (Å²) < 4.78 is 38.1. The first-order valence-electron chi connectivity index (χ1n) is 22.4. The molecule has 69 heavy (non-hydrogen) atoms. The SMILES string of the molecule is CC(C)CC1NC(=O)C(CO)NC(=O)C(C(C)C)NC(=O)C(CCNC(=O)c2ccc(O)cc2)NC(=O)C2C(O)C(OS(=O)(=O)O)CN2C(=O)C(C(C)C)NC(=O)C(CCCCN=C(N)N)NC1=O. The molecule has 0 spiro atoms. The minimum atomic E-state index is -5.33. The number of carbonyl (C=O) groups excluding carboxylic acids is 8. The van der Waals surface area contributed by atoms with E-state index < -0.39 is 144 Å². The normalized spacial score (nSPS) is 25.9. The molecule has 2 saturated heterocycles. The maximum absolute atomic E-state index is 14.6. The topological polar surface area (TPSA) is 413 Å². The lowest BCUT2D eigenvalue weighted by Crippen LogP contribution is -2.62. The van der Waals surface area contributed by atoms with E-state index in [9.17, 15) is 66.6 Å². The summed E-state index contributed by atoms with van der Waals surface area (Å²) in [6, 6.07) is -6.11. The molecule has 2 aliphatic heterocycles. The van der Waals surface area contributed by atoms with Crippen molar-refractivity contribution in [1.82, 2.24) is 42.1 Å². The van der Waals surface area contributed by atoms with E-state index in [0.717, 1.165) is 0 Å². The maximum atomic E-state index is 14.6. The third kappa shape index (κ3) is 17.4. The van der Waals surface area contributed by atoms with Crippen LogP contribution in [0.4, 0.5) is 0 Å². The van der Waals surface area contributed by atoms with Crippen LogP contribution in [0, 0.1) is 17.8 Å². The van der Waals surface area contributed by atoms with Crippen molar-refractivity contribution in [3.63, 3.8) is 0 Å². The standard InChI is InChI=1S/C42H67N11O15S/c1-20(2)17-27-37(60)47-25(9-7-8-15-46-42(43)44)35(58)52-31(22(5)6)41(64)53-18-29(68-69(65,66)67)33(56)32(53)40(63)48-26(14-16-45-34(57)23-10-12-24(55)13-11-23)36(59)51-30(21(3)4)39(62)50-28(19-54)38(61)49-27/h10-13,20-22,25-33,54-56H,7-9,14-19H2,1-6H3,(H,45,57)(H,47,60)(H,48,63)(H,49,61)(H,50,62)(H,51,59)(H,52,58)(H4,43,44,46)(H,65,66,67). The number of nitrogens with two attached hydrogens (primary N) is 2. The van der Waals surface area contributed by atoms with Crippen LogP contribution in [-0.4, -0.2) is 167 Å². The first-order valence-corrected chi connectivity index (χ1v) is 23.8. The molecule has 1 aromatic carbocycles. The molecule has 26 nitrogen and oxygen atoms in total. The van der Waals surface area contributed by atoms with Gasteiger partial charge in [-0.15, -0.1) is 0 Å². The van der Waals surface area contributed by atoms with E-state index in [1.54, 1.807) is 13.8 Å². The van der Waals surface area contributed by atoms with Gasteiger partial charge in [0.05, 0.1) is 13.2 Å². The summed E-state index contributed by atoms with van der Waals surface area (Å²) in [5.41, 5.74) is 11.0. The number of hydrogen-bond donors (Lipinski definition) is 13. The number of rotatable bonds is 16. The monoisotopic (exact) mass is 997 g/mol. The molecule has 9 atom stereocenters. The fraction of sp³-hybridized carbons (Fsp3) is 0.643. The number of aliphatic imine (C=N–C) groups is 1. The van der Waals surface area contributed by atoms with Crippen LogP contribution >= 0.6 is 0 Å². The number of aromatic hydroxyl groups is 1. The van der Waals surface area contributed by atoms with Crippen LogP contribution in [0.3, 0.4) is 0 Å². The Kier molecular flexibility index (Phi) is 21.5. The molecular formula is C42H67N11O15S. The number of benzene rings is 1. The predicted molar refractivity (Wildman–Crippen MR) is 245 cm³/mol. The van der Waals surface area contributed by atoms with Gasteiger partial charge in [-0.2, -0.15) is 8.42 Å². The lowest BCUT2D eigenvalue weighted by Gasteiger charge is -2.33. The molecule has 0 bridgehead atoms. The summed E-state index contributed by atoms with van der Waals surface area (Å²) in [5, 5.41) is 49.0. The van der Waals surface area contributed by atoms with Gasteiger partial charge in [0.2, 0.25) is 41.4 Å². The number of phenolic OH excluding ortho intramolecular Hbond substituents is 1. The Hall–Kier alpha value is -6.16. The molecule has 27 heteroatoms. The average molecular weight is 998 g/mol. The third-order valence-corrected chi connectivity index (χ3v) is 11.6. The smallest absolute Gasteiger partial charge is 0.397 e. The Morgan fingerprint density at radius 1 is 0.768 bits per heavy atom. The van der Waals surface area contributed by atoms with Crippen molar-refractivity contribution >= 4 is 63.6 Å². The van der Waals surface area contributed by atoms with E-state index in [1.807, 2.05) is 0 Å². The Morgan fingerprint density at radius 3 is 1.84 bits per heavy atom. The Morgan fingerprint density at radius 2 is 1.29 bits per heavy atom. The van der Waals surface area contributed by atoms with E-state index in [-0.39, 0.29) is 55.5 Å². The first-order chi connectivity index (χ1) is 32.2. The number of fused-ring (bicyclic) bond motifs is 1. The van der Waals surface area contributed by atoms with Crippen LogP contribution in [0.25, 0.3) is 0 Å². The molecule has 0 radical (unpaired) electrons. The highest BCUT2D eigenvalue weighted by molar-refractivity contribution is 7.80. The fourth-order valence-corrected chi connectivity index (χ4v) is 8.00. The molecule has 0 aliphatic carbocycles. The van der Waals surface area contributed by atoms with Crippen molar-refractivity contribution in [2.75, 3.05) is 26.2 Å². The number of hydrogen-bond acceptors (Lipinski definition) is 15. The van der Waals surface area contributed by atoms with Crippen molar-refractivity contribution in [1.29, 1.82) is 0 Å². The number of amides is 8. The molecule has 386 valence electrons. The summed E-state index contributed by atoms with van der Waals surface area (Å²) in [6.07, 6.45) is -4.10. The van der Waals surface area contributed by atoms with Crippen molar-refractivity contribution < 1.29 is 70.8 Å². The van der Waals surface area contributed by atoms with Gasteiger partial charge in [0, 0.05) is 18.7 Å². The number of nitrogens with one attached hydrogen (secondary N) is 7. The van der Waals surface area contributed by atoms with Gasteiger partial charge in [0.15, 0.2) is 5.96 Å². The number of unbranched alkanes of at least 4 members (excludes halogenated alkanes) is 1. The number of aliphatic hydroxyl groups excluding tert-OH is 2. The Balaban J connectivity index is 2.19. The van der Waals surface area contributed by atoms with Crippen LogP contribution in [0.1, 0.15) is 84.0 Å². The van der Waals surface area contributed by atoms with Crippen molar-refractivity contribution in [3.05, 3.63) is 29.8 Å². The van der Waals surface area contributed by atoms with Gasteiger partial charge < -0.3 is 68.9 Å². The van der Waals surface area contributed by atoms with E-state index >= 15 is 0 Å². The predicted octanol–water partition coefficient (Wildman–Crippen LogP) is -4.01. The van der Waals surface area contributed by atoms with Crippen LogP contribution in [0.2, 0.25) is 0 Å². The lowest BCUT2D eigenvalue weighted by molar-refractivity contribution is -0.145. The highest BCUT2D eigenvalue weighted by Gasteiger charge is 2.51. The molecule has 15 N–H and O–H groups in total. The minimum Gasteiger partial charge on any atom is -0.508 e. The van der Waals surface area contributed by atoms with Crippen LogP contribution in [-0.2, 0) is 48.1 Å². The second-order valence-electron chi connectivity index (χ2n) is 17.9. The van der Waals surface area contributed by atoms with E-state index in [2.05, 4.69) is 46.4 Å². The average Bonchev–Trinajstić information content (AvgIpc) is 3.57. The van der Waals surface area contributed by atoms with Gasteiger partial charge in [-0.1, -0.05) is 41.5 Å². The second-order valence-corrected chi connectivity index (χ2v) is 18.9. The van der Waals surface area contributed by atoms with Crippen LogP contribution < -0.4 is 48.7 Å². The summed E-state index contributed by atoms with van der Waals surface area (Å²) in [5.74, 6) is -9.92. The van der Waals surface area contributed by atoms with Crippen molar-refractivity contribution in [2.45, 2.75) is 128 Å². The largest absolute Gasteiger partial charge is 0.508 e. The van der Waals surface area contributed by atoms with Gasteiger partial charge >= 0.3 is 10.4 Å². The molecule has 2 heterocycles. The highest BCUT2D eigenvalue weighted by Crippen LogP contribution is 2.26. The molecule has 3 rings (SSSR count). The van der Waals surface area contributed by atoms with Crippen LogP contribution in [0.15, 0.2) is 29.3 Å². The number of guanidine groups is 1. The molecule has 0 saturated carbocycles. The lowest BCUT2D eigenvalue weighted by atomic mass is 9.99. The summed E-state index contributed by atoms with van der Waals surface area (Å²) >= 11 is 0. The van der Waals surface area contributed by atoms with Crippen molar-refractivity contribution in [2.24, 2.45) is 34.2 Å². The molecule has 8 amide bonds. The van der Waals surface area contributed by atoms with E-state index in [1.165, 1.54) is 52.0 Å². The highest BCUT2D eigenvalue weighted by atomic mass is 32.3. The molecule has 2 aliphatic rings. The molecule has 2 fully saturated rings.